The average Bonchev–Trinajstić information content (AvgIpc) is 2.76. The van der Waals surface area contributed by atoms with Crippen LogP contribution < -0.4 is 0 Å². The lowest BCUT2D eigenvalue weighted by Gasteiger charge is -2.15. The molecule has 0 amide bonds. The Morgan fingerprint density at radius 2 is 1.79 bits per heavy atom. The maximum atomic E-state index is 3.87. The van der Waals surface area contributed by atoms with E-state index < -0.39 is 0 Å². The van der Waals surface area contributed by atoms with E-state index in [1.165, 1.54) is 26.0 Å². The molecular formula is C15H15Br3S. The van der Waals surface area contributed by atoms with Gasteiger partial charge in [0.2, 0.25) is 0 Å². The minimum atomic E-state index is 0.242. The zero-order valence-corrected chi connectivity index (χ0v) is 16.4. The summed E-state index contributed by atoms with van der Waals surface area (Å²) in [6.45, 7) is 4.41. The largest absolute Gasteiger partial charge is 0.121 e. The summed E-state index contributed by atoms with van der Waals surface area (Å²) in [6, 6.07) is 9.01. The molecule has 0 aliphatic rings. The second kappa shape index (κ2) is 6.88. The molecule has 102 valence electrons. The Hall–Kier alpha value is 0.360. The lowest BCUT2D eigenvalue weighted by molar-refractivity contribution is 1.03. The SMILES string of the molecule is CCc1ccc(CC)c(C(Br)c2cc(Br)sc2Br)c1. The third kappa shape index (κ3) is 3.52. The summed E-state index contributed by atoms with van der Waals surface area (Å²) in [5, 5.41) is 0. The van der Waals surface area contributed by atoms with Crippen molar-refractivity contribution >= 4 is 59.1 Å². The molecule has 0 aliphatic heterocycles. The van der Waals surface area contributed by atoms with Crippen LogP contribution in [0.2, 0.25) is 0 Å². The highest BCUT2D eigenvalue weighted by Crippen LogP contribution is 2.43. The van der Waals surface area contributed by atoms with E-state index in [2.05, 4.69) is 85.9 Å². The van der Waals surface area contributed by atoms with E-state index in [-0.39, 0.29) is 4.83 Å². The van der Waals surface area contributed by atoms with Gasteiger partial charge in [-0.3, -0.25) is 0 Å². The summed E-state index contributed by atoms with van der Waals surface area (Å²) >= 11 is 12.8. The smallest absolute Gasteiger partial charge is 0.0757 e. The van der Waals surface area contributed by atoms with Gasteiger partial charge in [-0.15, -0.1) is 11.3 Å². The molecule has 0 bridgehead atoms. The van der Waals surface area contributed by atoms with Gasteiger partial charge in [0.15, 0.2) is 0 Å². The molecule has 2 aromatic rings. The normalized spacial score (nSPS) is 12.7. The summed E-state index contributed by atoms with van der Waals surface area (Å²) < 4.78 is 2.34. The maximum absolute atomic E-state index is 3.87. The molecule has 0 fully saturated rings. The summed E-state index contributed by atoms with van der Waals surface area (Å²) in [5.74, 6) is 0. The summed E-state index contributed by atoms with van der Waals surface area (Å²) in [7, 11) is 0. The highest BCUT2D eigenvalue weighted by atomic mass is 79.9. The molecule has 1 aromatic carbocycles. The van der Waals surface area contributed by atoms with Crippen LogP contribution >= 0.6 is 59.1 Å². The third-order valence-corrected chi connectivity index (χ3v) is 6.60. The highest BCUT2D eigenvalue weighted by molar-refractivity contribution is 9.12. The molecule has 1 atom stereocenters. The molecule has 0 radical (unpaired) electrons. The van der Waals surface area contributed by atoms with E-state index in [4.69, 9.17) is 0 Å². The van der Waals surface area contributed by atoms with Crippen molar-refractivity contribution in [3.8, 4) is 0 Å². The molecule has 0 N–H and O–H groups in total. The fourth-order valence-corrected chi connectivity index (χ4v) is 6.26. The van der Waals surface area contributed by atoms with Crippen molar-refractivity contribution in [3.63, 3.8) is 0 Å². The van der Waals surface area contributed by atoms with Crippen molar-refractivity contribution in [2.75, 3.05) is 0 Å². The molecule has 1 unspecified atom stereocenters. The second-order valence-electron chi connectivity index (χ2n) is 4.38. The topological polar surface area (TPSA) is 0 Å². The monoisotopic (exact) mass is 464 g/mol. The fourth-order valence-electron chi connectivity index (χ4n) is 2.12. The molecule has 0 spiro atoms. The molecule has 4 heteroatoms. The number of alkyl halides is 1. The highest BCUT2D eigenvalue weighted by Gasteiger charge is 2.19. The quantitative estimate of drug-likeness (QED) is 0.431. The molecule has 1 heterocycles. The number of aryl methyl sites for hydroxylation is 2. The van der Waals surface area contributed by atoms with Crippen molar-refractivity contribution in [2.45, 2.75) is 31.5 Å². The van der Waals surface area contributed by atoms with E-state index in [1.807, 2.05) is 0 Å². The molecule has 1 aromatic heterocycles. The Morgan fingerprint density at radius 1 is 1.05 bits per heavy atom. The number of halogens is 3. The van der Waals surface area contributed by atoms with Gasteiger partial charge in [-0.25, -0.2) is 0 Å². The van der Waals surface area contributed by atoms with Gasteiger partial charge in [0.25, 0.3) is 0 Å². The van der Waals surface area contributed by atoms with Gasteiger partial charge in [-0.05, 0) is 73.0 Å². The molecule has 19 heavy (non-hydrogen) atoms. The minimum absolute atomic E-state index is 0.242. The van der Waals surface area contributed by atoms with Gasteiger partial charge >= 0.3 is 0 Å². The van der Waals surface area contributed by atoms with Gasteiger partial charge < -0.3 is 0 Å². The molecule has 0 aliphatic carbocycles. The van der Waals surface area contributed by atoms with Crippen LogP contribution in [0.5, 0.6) is 0 Å². The Balaban J connectivity index is 2.47. The lowest BCUT2D eigenvalue weighted by atomic mass is 9.96. The van der Waals surface area contributed by atoms with Crippen molar-refractivity contribution in [1.82, 2.24) is 0 Å². The summed E-state index contributed by atoms with van der Waals surface area (Å²) in [6.07, 6.45) is 2.13. The number of rotatable bonds is 4. The summed E-state index contributed by atoms with van der Waals surface area (Å²) in [4.78, 5) is 0.242. The van der Waals surface area contributed by atoms with Crippen LogP contribution in [0, 0.1) is 0 Å². The van der Waals surface area contributed by atoms with Crippen LogP contribution in [0.1, 0.15) is 40.9 Å². The number of benzene rings is 1. The lowest BCUT2D eigenvalue weighted by Crippen LogP contribution is -1.99. The molecule has 0 nitrogen and oxygen atoms in total. The van der Waals surface area contributed by atoms with Crippen LogP contribution in [0.4, 0.5) is 0 Å². The van der Waals surface area contributed by atoms with Crippen LogP contribution in [0.15, 0.2) is 31.8 Å². The fraction of sp³-hybridized carbons (Fsp3) is 0.333. The van der Waals surface area contributed by atoms with Gasteiger partial charge in [0.05, 0.1) is 12.4 Å². The Labute approximate surface area is 144 Å². The van der Waals surface area contributed by atoms with Crippen LogP contribution in [-0.2, 0) is 12.8 Å². The number of hydrogen-bond donors (Lipinski definition) is 0. The van der Waals surface area contributed by atoms with Gasteiger partial charge in [-0.1, -0.05) is 48.0 Å². The first-order chi connectivity index (χ1) is 9.06. The molecule has 0 saturated carbocycles. The molecule has 2 rings (SSSR count). The van der Waals surface area contributed by atoms with Crippen LogP contribution in [0.3, 0.4) is 0 Å². The standard InChI is InChI=1S/C15H15Br3S/c1-3-9-5-6-10(4-2)11(7-9)14(17)12-8-13(16)19-15(12)18/h5-8,14H,3-4H2,1-2H3. The van der Waals surface area contributed by atoms with Gasteiger partial charge in [-0.2, -0.15) is 0 Å². The Kier molecular flexibility index (Phi) is 5.70. The summed E-state index contributed by atoms with van der Waals surface area (Å²) in [5.41, 5.74) is 5.48. The van der Waals surface area contributed by atoms with E-state index in [0.717, 1.165) is 16.6 Å². The van der Waals surface area contributed by atoms with E-state index in [1.54, 1.807) is 11.3 Å². The van der Waals surface area contributed by atoms with Crippen molar-refractivity contribution < 1.29 is 0 Å². The van der Waals surface area contributed by atoms with Crippen molar-refractivity contribution in [3.05, 3.63) is 54.1 Å². The first kappa shape index (κ1) is 15.7. The second-order valence-corrected chi connectivity index (χ2v) is 9.05. The Morgan fingerprint density at radius 3 is 2.32 bits per heavy atom. The first-order valence-corrected chi connectivity index (χ1v) is 9.59. The van der Waals surface area contributed by atoms with Crippen molar-refractivity contribution in [2.24, 2.45) is 0 Å². The average molecular weight is 467 g/mol. The van der Waals surface area contributed by atoms with Crippen LogP contribution in [-0.4, -0.2) is 0 Å². The first-order valence-electron chi connectivity index (χ1n) is 6.27. The predicted molar refractivity (Wildman–Crippen MR) is 95.7 cm³/mol. The molecule has 0 saturated heterocycles. The van der Waals surface area contributed by atoms with E-state index in [9.17, 15) is 0 Å². The number of hydrogen-bond acceptors (Lipinski definition) is 1. The van der Waals surface area contributed by atoms with Gasteiger partial charge in [0.1, 0.15) is 0 Å². The van der Waals surface area contributed by atoms with Gasteiger partial charge in [0, 0.05) is 0 Å². The number of thiophene rings is 1. The zero-order valence-electron chi connectivity index (χ0n) is 10.8. The third-order valence-electron chi connectivity index (χ3n) is 3.23. The predicted octanol–water partition coefficient (Wildman–Crippen LogP) is 6.88. The maximum Gasteiger partial charge on any atom is 0.0757 e. The van der Waals surface area contributed by atoms with E-state index in [0.29, 0.717) is 0 Å². The van der Waals surface area contributed by atoms with E-state index >= 15 is 0 Å². The zero-order chi connectivity index (χ0) is 14.0. The molecular weight excluding hydrogens is 452 g/mol. The Bertz CT molecular complexity index is 575. The van der Waals surface area contributed by atoms with Crippen LogP contribution in [0.25, 0.3) is 0 Å². The minimum Gasteiger partial charge on any atom is -0.121 e. The van der Waals surface area contributed by atoms with Crippen molar-refractivity contribution in [1.29, 1.82) is 0 Å².